The van der Waals surface area contributed by atoms with Crippen molar-refractivity contribution in [2.24, 2.45) is 0 Å². The monoisotopic (exact) mass is 516 g/mol. The molecule has 5 rings (SSSR count). The Balaban J connectivity index is 1.27. The van der Waals surface area contributed by atoms with Gasteiger partial charge in [-0.1, -0.05) is 18.6 Å². The van der Waals surface area contributed by atoms with Gasteiger partial charge in [-0.15, -0.1) is 0 Å². The number of hydrogen-bond donors (Lipinski definition) is 1. The highest BCUT2D eigenvalue weighted by atomic mass is 16.5. The van der Waals surface area contributed by atoms with Gasteiger partial charge in [-0.05, 0) is 83.1 Å². The van der Waals surface area contributed by atoms with Crippen LogP contribution in [0.15, 0.2) is 42.9 Å². The van der Waals surface area contributed by atoms with Crippen molar-refractivity contribution in [2.45, 2.75) is 90.4 Å². The molecule has 0 spiro atoms. The highest BCUT2D eigenvalue weighted by molar-refractivity contribution is 5.78. The number of benzene rings is 1. The molecule has 0 radical (unpaired) electrons. The molecule has 8 nitrogen and oxygen atoms in total. The molecule has 2 aliphatic rings. The summed E-state index contributed by atoms with van der Waals surface area (Å²) in [5, 5.41) is 7.65. The van der Waals surface area contributed by atoms with Gasteiger partial charge in [-0.3, -0.25) is 9.48 Å². The molecule has 1 saturated heterocycles. The number of nitrogens with zero attached hydrogens (tertiary/aromatic N) is 5. The van der Waals surface area contributed by atoms with Gasteiger partial charge in [0.1, 0.15) is 0 Å². The van der Waals surface area contributed by atoms with E-state index in [2.05, 4.69) is 68.2 Å². The van der Waals surface area contributed by atoms with Crippen molar-refractivity contribution in [3.8, 4) is 11.3 Å². The van der Waals surface area contributed by atoms with Crippen LogP contribution >= 0.6 is 0 Å². The second-order valence-corrected chi connectivity index (χ2v) is 11.9. The smallest absolute Gasteiger partial charge is 0.227 e. The number of rotatable bonds is 7. The molecule has 202 valence electrons. The Labute approximate surface area is 225 Å². The summed E-state index contributed by atoms with van der Waals surface area (Å²) in [5.74, 6) is 1.05. The molecule has 1 aromatic carbocycles. The second-order valence-electron chi connectivity index (χ2n) is 11.9. The van der Waals surface area contributed by atoms with Crippen LogP contribution in [0, 0.1) is 0 Å². The average Bonchev–Trinajstić information content (AvgIpc) is 3.22. The summed E-state index contributed by atoms with van der Waals surface area (Å²) in [6.45, 7) is 11.8. The van der Waals surface area contributed by atoms with Crippen molar-refractivity contribution in [3.63, 3.8) is 0 Å². The van der Waals surface area contributed by atoms with Crippen LogP contribution in [0.1, 0.15) is 83.4 Å². The zero-order valence-electron chi connectivity index (χ0n) is 23.3. The minimum atomic E-state index is -0.171. The lowest BCUT2D eigenvalue weighted by Crippen LogP contribution is -2.56. The first-order chi connectivity index (χ1) is 18.1. The lowest BCUT2D eigenvalue weighted by atomic mass is 9.88. The molecule has 1 aliphatic heterocycles. The van der Waals surface area contributed by atoms with Crippen LogP contribution in [0.3, 0.4) is 0 Å². The number of likely N-dealkylation sites (tertiary alicyclic amines) is 1. The summed E-state index contributed by atoms with van der Waals surface area (Å²) in [5.41, 5.74) is 5.30. The molecule has 2 aromatic heterocycles. The SMILES string of the molecule is CC(C)n1cc(Nc2nccc(-c3ccc4c(c3)CCCCC4CC(=O)N3CC(OC(C)(C)C)C3)n2)cn1. The van der Waals surface area contributed by atoms with Crippen molar-refractivity contribution < 1.29 is 9.53 Å². The Morgan fingerprint density at radius 3 is 2.74 bits per heavy atom. The van der Waals surface area contributed by atoms with E-state index in [1.807, 2.05) is 21.8 Å². The number of carbonyl (C=O) groups is 1. The van der Waals surface area contributed by atoms with Gasteiger partial charge in [0.25, 0.3) is 0 Å². The van der Waals surface area contributed by atoms with E-state index in [1.165, 1.54) is 11.1 Å². The molecule has 1 amide bonds. The Bertz CT molecular complexity index is 1270. The maximum absolute atomic E-state index is 13.1. The summed E-state index contributed by atoms with van der Waals surface area (Å²) in [6.07, 6.45) is 10.6. The van der Waals surface area contributed by atoms with E-state index >= 15 is 0 Å². The fourth-order valence-corrected chi connectivity index (χ4v) is 5.40. The summed E-state index contributed by atoms with van der Waals surface area (Å²) < 4.78 is 7.92. The zero-order chi connectivity index (χ0) is 26.9. The predicted octanol–water partition coefficient (Wildman–Crippen LogP) is 5.89. The molecule has 3 aromatic rings. The van der Waals surface area contributed by atoms with Crippen LogP contribution in [-0.2, 0) is 16.0 Å². The number of amides is 1. The Kier molecular flexibility index (Phi) is 7.52. The number of aryl methyl sites for hydroxylation is 1. The normalized spacial score (nSPS) is 18.2. The van der Waals surface area contributed by atoms with Gasteiger partial charge in [-0.2, -0.15) is 5.10 Å². The van der Waals surface area contributed by atoms with E-state index in [0.29, 0.717) is 31.5 Å². The first-order valence-electron chi connectivity index (χ1n) is 13.9. The van der Waals surface area contributed by atoms with Gasteiger partial charge in [0.05, 0.1) is 29.3 Å². The Morgan fingerprint density at radius 2 is 2.00 bits per heavy atom. The van der Waals surface area contributed by atoms with Crippen molar-refractivity contribution in [2.75, 3.05) is 18.4 Å². The van der Waals surface area contributed by atoms with Crippen molar-refractivity contribution in [3.05, 3.63) is 54.0 Å². The minimum absolute atomic E-state index is 0.154. The fraction of sp³-hybridized carbons (Fsp3) is 0.533. The molecule has 0 bridgehead atoms. The maximum Gasteiger partial charge on any atom is 0.227 e. The van der Waals surface area contributed by atoms with Gasteiger partial charge >= 0.3 is 0 Å². The molecular weight excluding hydrogens is 476 g/mol. The number of ether oxygens (including phenoxy) is 1. The van der Waals surface area contributed by atoms with Crippen molar-refractivity contribution in [1.29, 1.82) is 0 Å². The minimum Gasteiger partial charge on any atom is -0.369 e. The number of fused-ring (bicyclic) bond motifs is 1. The molecule has 1 atom stereocenters. The molecule has 1 fully saturated rings. The van der Waals surface area contributed by atoms with Crippen LogP contribution < -0.4 is 5.32 Å². The molecule has 8 heteroatoms. The highest BCUT2D eigenvalue weighted by Gasteiger charge is 2.35. The van der Waals surface area contributed by atoms with E-state index < -0.39 is 0 Å². The third kappa shape index (κ3) is 6.23. The second kappa shape index (κ2) is 10.8. The summed E-state index contributed by atoms with van der Waals surface area (Å²) in [7, 11) is 0. The molecule has 1 unspecified atom stereocenters. The standard InChI is InChI=1S/C30H40N6O2/c1-20(2)36-17-24(16-32-36)33-29-31-13-12-27(34-29)23-10-11-26-21(14-23)8-6-7-9-22(26)15-28(37)35-18-25(19-35)38-30(3,4)5/h10-14,16-17,20,22,25H,6-9,15,18-19H2,1-5H3,(H,31,33,34). The lowest BCUT2D eigenvalue weighted by Gasteiger charge is -2.42. The first-order valence-corrected chi connectivity index (χ1v) is 13.9. The van der Waals surface area contributed by atoms with Gasteiger partial charge in [0.2, 0.25) is 11.9 Å². The molecule has 1 N–H and O–H groups in total. The maximum atomic E-state index is 13.1. The third-order valence-corrected chi connectivity index (χ3v) is 7.31. The summed E-state index contributed by atoms with van der Waals surface area (Å²) >= 11 is 0. The van der Waals surface area contributed by atoms with Crippen LogP contribution in [0.2, 0.25) is 0 Å². The largest absolute Gasteiger partial charge is 0.369 e. The van der Waals surface area contributed by atoms with Crippen LogP contribution in [-0.4, -0.2) is 55.4 Å². The number of hydrogen-bond acceptors (Lipinski definition) is 6. The van der Waals surface area contributed by atoms with E-state index in [9.17, 15) is 4.79 Å². The topological polar surface area (TPSA) is 85.2 Å². The molecular formula is C30H40N6O2. The van der Waals surface area contributed by atoms with Gasteiger partial charge < -0.3 is 15.0 Å². The van der Waals surface area contributed by atoms with E-state index in [0.717, 1.165) is 42.6 Å². The van der Waals surface area contributed by atoms with Crippen LogP contribution in [0.5, 0.6) is 0 Å². The summed E-state index contributed by atoms with van der Waals surface area (Å²) in [4.78, 5) is 24.2. The van der Waals surface area contributed by atoms with Crippen molar-refractivity contribution in [1.82, 2.24) is 24.6 Å². The number of nitrogens with one attached hydrogen (secondary N) is 1. The zero-order valence-corrected chi connectivity index (χ0v) is 23.3. The lowest BCUT2D eigenvalue weighted by molar-refractivity contribution is -0.157. The van der Waals surface area contributed by atoms with Crippen LogP contribution in [0.4, 0.5) is 11.6 Å². The Morgan fingerprint density at radius 1 is 1.18 bits per heavy atom. The average molecular weight is 517 g/mol. The van der Waals surface area contributed by atoms with E-state index in [1.54, 1.807) is 12.4 Å². The van der Waals surface area contributed by atoms with Crippen LogP contribution in [0.25, 0.3) is 11.3 Å². The predicted molar refractivity (Wildman–Crippen MR) is 149 cm³/mol. The fourth-order valence-electron chi connectivity index (χ4n) is 5.40. The van der Waals surface area contributed by atoms with E-state index in [4.69, 9.17) is 9.72 Å². The Hall–Kier alpha value is -3.26. The molecule has 0 saturated carbocycles. The van der Waals surface area contributed by atoms with E-state index in [-0.39, 0.29) is 23.5 Å². The highest BCUT2D eigenvalue weighted by Crippen LogP contribution is 2.36. The number of anilines is 2. The first kappa shape index (κ1) is 26.4. The van der Waals surface area contributed by atoms with Gasteiger partial charge in [0, 0.05) is 43.5 Å². The molecule has 1 aliphatic carbocycles. The molecule has 3 heterocycles. The van der Waals surface area contributed by atoms with Gasteiger partial charge in [-0.25, -0.2) is 9.97 Å². The van der Waals surface area contributed by atoms with Gasteiger partial charge in [0.15, 0.2) is 0 Å². The quantitative estimate of drug-likeness (QED) is 0.394. The molecule has 38 heavy (non-hydrogen) atoms. The third-order valence-electron chi connectivity index (χ3n) is 7.31. The summed E-state index contributed by atoms with van der Waals surface area (Å²) in [6, 6.07) is 8.86. The van der Waals surface area contributed by atoms with Crippen molar-refractivity contribution >= 4 is 17.5 Å². The number of carbonyl (C=O) groups excluding carboxylic acids is 1. The number of aromatic nitrogens is 4.